The first-order valence-corrected chi connectivity index (χ1v) is 18.2. The predicted molar refractivity (Wildman–Crippen MR) is 223 cm³/mol. The van der Waals surface area contributed by atoms with Gasteiger partial charge in [-0.2, -0.15) is 0 Å². The Labute approximate surface area is 302 Å². The average molecular weight is 673 g/mol. The van der Waals surface area contributed by atoms with Crippen LogP contribution in [0.2, 0.25) is 0 Å². The quantitative estimate of drug-likeness (QED) is 0.187. The molecule has 0 bridgehead atoms. The topological polar surface area (TPSA) is 25.0 Å². The summed E-state index contributed by atoms with van der Waals surface area (Å²) in [5.41, 5.74) is 11.4. The van der Waals surface area contributed by atoms with Crippen LogP contribution in [-0.2, 0) is 0 Å². The maximum absolute atomic E-state index is 5.77. The molecule has 0 amide bonds. The fourth-order valence-corrected chi connectivity index (χ4v) is 9.58. The van der Waals surface area contributed by atoms with Crippen molar-refractivity contribution in [3.8, 4) is 0 Å². The van der Waals surface area contributed by atoms with Gasteiger partial charge >= 0.3 is 0 Å². The van der Waals surface area contributed by atoms with E-state index < -0.39 is 0 Å². The molecule has 0 spiro atoms. The van der Waals surface area contributed by atoms with Gasteiger partial charge in [0.1, 0.15) is 5.65 Å². The van der Waals surface area contributed by atoms with E-state index in [1.54, 1.807) is 0 Å². The lowest BCUT2D eigenvalue weighted by atomic mass is 9.98. The van der Waals surface area contributed by atoms with Crippen molar-refractivity contribution >= 4 is 115 Å². The van der Waals surface area contributed by atoms with E-state index in [0.717, 1.165) is 39.3 Å². The highest BCUT2D eigenvalue weighted by atomic mass is 15.2. The summed E-state index contributed by atoms with van der Waals surface area (Å²) in [7, 11) is 0. The number of hydrogen-bond donors (Lipinski definition) is 0. The van der Waals surface area contributed by atoms with Gasteiger partial charge in [0.25, 0.3) is 0 Å². The maximum Gasteiger partial charge on any atom is 0.146 e. The van der Waals surface area contributed by atoms with Crippen molar-refractivity contribution in [2.75, 3.05) is 4.90 Å². The molecular formula is C49H28N4. The number of rotatable bonds is 3. The second-order valence-electron chi connectivity index (χ2n) is 14.3. The van der Waals surface area contributed by atoms with E-state index >= 15 is 0 Å². The number of benzene rings is 8. The summed E-state index contributed by atoms with van der Waals surface area (Å²) < 4.78 is 4.94. The van der Waals surface area contributed by atoms with Crippen molar-refractivity contribution in [3.05, 3.63) is 170 Å². The molecular weight excluding hydrogens is 645 g/mol. The molecule has 5 aromatic heterocycles. The van der Waals surface area contributed by atoms with Gasteiger partial charge in [0.2, 0.25) is 0 Å². The number of pyridine rings is 1. The maximum atomic E-state index is 5.77. The number of nitrogens with zero attached hydrogens (tertiary/aromatic N) is 4. The van der Waals surface area contributed by atoms with Crippen molar-refractivity contribution in [2.24, 2.45) is 0 Å². The lowest BCUT2D eigenvalue weighted by Crippen LogP contribution is -2.11. The van der Waals surface area contributed by atoms with Crippen molar-refractivity contribution in [1.29, 1.82) is 0 Å². The van der Waals surface area contributed by atoms with Gasteiger partial charge in [-0.05, 0) is 64.7 Å². The Bertz CT molecular complexity index is 3580. The van der Waals surface area contributed by atoms with Crippen LogP contribution in [0.5, 0.6) is 0 Å². The van der Waals surface area contributed by atoms with Crippen LogP contribution in [-0.4, -0.2) is 13.8 Å². The highest BCUT2D eigenvalue weighted by Crippen LogP contribution is 2.51. The predicted octanol–water partition coefficient (Wildman–Crippen LogP) is 13.2. The van der Waals surface area contributed by atoms with E-state index in [4.69, 9.17) is 4.98 Å². The summed E-state index contributed by atoms with van der Waals surface area (Å²) in [5, 5.41) is 13.5. The minimum absolute atomic E-state index is 0.986. The third-order valence-corrected chi connectivity index (χ3v) is 11.7. The molecule has 0 atom stereocenters. The van der Waals surface area contributed by atoms with E-state index in [9.17, 15) is 0 Å². The Morgan fingerprint density at radius 1 is 0.377 bits per heavy atom. The summed E-state index contributed by atoms with van der Waals surface area (Å²) in [5.74, 6) is 0. The minimum Gasteiger partial charge on any atom is -0.308 e. The average Bonchev–Trinajstić information content (AvgIpc) is 3.94. The lowest BCUT2D eigenvalue weighted by molar-refractivity contribution is 1.26. The van der Waals surface area contributed by atoms with E-state index in [1.165, 1.54) is 75.8 Å². The van der Waals surface area contributed by atoms with Crippen LogP contribution in [0.25, 0.3) is 98.0 Å². The largest absolute Gasteiger partial charge is 0.308 e. The van der Waals surface area contributed by atoms with Crippen LogP contribution in [0, 0.1) is 0 Å². The Balaban J connectivity index is 1.32. The molecule has 0 aliphatic heterocycles. The molecule has 244 valence electrons. The lowest BCUT2D eigenvalue weighted by Gasteiger charge is -2.28. The molecule has 0 aliphatic rings. The van der Waals surface area contributed by atoms with Gasteiger partial charge in [-0.3, -0.25) is 4.40 Å². The smallest absolute Gasteiger partial charge is 0.146 e. The molecule has 0 unspecified atom stereocenters. The first kappa shape index (κ1) is 27.5. The number of anilines is 3. The van der Waals surface area contributed by atoms with Gasteiger partial charge in [-0.15, -0.1) is 0 Å². The summed E-state index contributed by atoms with van der Waals surface area (Å²) in [4.78, 5) is 8.21. The number of aromatic nitrogens is 3. The zero-order valence-corrected chi connectivity index (χ0v) is 28.5. The van der Waals surface area contributed by atoms with Crippen LogP contribution < -0.4 is 4.90 Å². The summed E-state index contributed by atoms with van der Waals surface area (Å²) >= 11 is 0. The molecule has 8 aromatic carbocycles. The van der Waals surface area contributed by atoms with Crippen LogP contribution >= 0.6 is 0 Å². The molecule has 0 fully saturated rings. The van der Waals surface area contributed by atoms with Gasteiger partial charge in [0.15, 0.2) is 0 Å². The molecule has 0 saturated heterocycles. The van der Waals surface area contributed by atoms with Crippen LogP contribution in [0.3, 0.4) is 0 Å². The standard InChI is InChI=1S/C49H28N4/c1-3-16-31(17-4-1)51(32-18-5-2-6-19-32)47-34-21-10-8-15-30(34)27-39-38-26-29-14-7-9-20-33(29)43-40-28-42-44(50-49(40)53(46(38)43)48(39)47)37-24-13-23-36-35-22-11-12-25-41(35)52(42)45(36)37/h1-28H. The summed E-state index contributed by atoms with van der Waals surface area (Å²) in [6.45, 7) is 0. The molecule has 4 nitrogen and oxygen atoms in total. The van der Waals surface area contributed by atoms with Crippen molar-refractivity contribution in [3.63, 3.8) is 0 Å². The Morgan fingerprint density at radius 2 is 0.962 bits per heavy atom. The van der Waals surface area contributed by atoms with Gasteiger partial charge in [-0.1, -0.05) is 121 Å². The van der Waals surface area contributed by atoms with Crippen LogP contribution in [0.15, 0.2) is 170 Å². The Kier molecular flexibility index (Phi) is 5.08. The van der Waals surface area contributed by atoms with E-state index in [0.29, 0.717) is 0 Å². The first-order chi connectivity index (χ1) is 26.3. The second-order valence-corrected chi connectivity index (χ2v) is 14.3. The highest BCUT2D eigenvalue weighted by molar-refractivity contribution is 6.35. The van der Waals surface area contributed by atoms with E-state index in [1.807, 2.05) is 0 Å². The van der Waals surface area contributed by atoms with Gasteiger partial charge in [-0.25, -0.2) is 4.98 Å². The number of fused-ring (bicyclic) bond motifs is 15. The van der Waals surface area contributed by atoms with E-state index in [2.05, 4.69) is 184 Å². The minimum atomic E-state index is 0.986. The second kappa shape index (κ2) is 9.78. The molecule has 5 heterocycles. The number of hydrogen-bond acceptors (Lipinski definition) is 2. The first-order valence-electron chi connectivity index (χ1n) is 18.2. The molecule has 0 saturated carbocycles. The van der Waals surface area contributed by atoms with Gasteiger partial charge < -0.3 is 9.30 Å². The molecule has 13 rings (SSSR count). The monoisotopic (exact) mass is 672 g/mol. The Hall–Kier alpha value is -7.17. The highest BCUT2D eigenvalue weighted by Gasteiger charge is 2.28. The van der Waals surface area contributed by atoms with Crippen LogP contribution in [0.4, 0.5) is 17.1 Å². The zero-order valence-electron chi connectivity index (χ0n) is 28.5. The Morgan fingerprint density at radius 3 is 1.72 bits per heavy atom. The molecule has 0 N–H and O–H groups in total. The summed E-state index contributed by atoms with van der Waals surface area (Å²) in [6, 6.07) is 62.0. The normalized spacial score (nSPS) is 12.5. The van der Waals surface area contributed by atoms with Crippen molar-refractivity contribution < 1.29 is 0 Å². The fourth-order valence-electron chi connectivity index (χ4n) is 9.58. The van der Waals surface area contributed by atoms with Gasteiger partial charge in [0, 0.05) is 54.5 Å². The molecule has 0 radical (unpaired) electrons. The third-order valence-electron chi connectivity index (χ3n) is 11.7. The zero-order chi connectivity index (χ0) is 34.4. The van der Waals surface area contributed by atoms with Crippen LogP contribution in [0.1, 0.15) is 0 Å². The van der Waals surface area contributed by atoms with E-state index in [-0.39, 0.29) is 0 Å². The van der Waals surface area contributed by atoms with Crippen molar-refractivity contribution in [2.45, 2.75) is 0 Å². The van der Waals surface area contributed by atoms with Crippen molar-refractivity contribution in [1.82, 2.24) is 13.8 Å². The van der Waals surface area contributed by atoms with Gasteiger partial charge in [0.05, 0.1) is 38.8 Å². The molecule has 13 aromatic rings. The molecule has 0 aliphatic carbocycles. The third kappa shape index (κ3) is 3.39. The number of para-hydroxylation sites is 4. The molecule has 4 heteroatoms. The molecule has 53 heavy (non-hydrogen) atoms. The summed E-state index contributed by atoms with van der Waals surface area (Å²) in [6.07, 6.45) is 0. The fraction of sp³-hybridized carbons (Fsp3) is 0. The SMILES string of the molecule is c1ccc(N(c2ccccc2)c2c3ccccc3cc3c4cc5ccccc5c5c6cc7c(nc6n(c23)c45)c2cccc3c4ccccc4n7c32)cc1.